The van der Waals surface area contributed by atoms with Crippen LogP contribution in [0.5, 0.6) is 0 Å². The van der Waals surface area contributed by atoms with Crippen LogP contribution in [0.25, 0.3) is 17.1 Å². The summed E-state index contributed by atoms with van der Waals surface area (Å²) in [4.78, 5) is 12.5. The fourth-order valence-corrected chi connectivity index (χ4v) is 4.38. The summed E-state index contributed by atoms with van der Waals surface area (Å²) >= 11 is 11.1. The molecule has 0 bridgehead atoms. The number of amides is 1. The van der Waals surface area contributed by atoms with Gasteiger partial charge in [0.2, 0.25) is 5.91 Å². The molecule has 4 rings (SSSR count). The second-order valence-electron chi connectivity index (χ2n) is 6.76. The van der Waals surface area contributed by atoms with E-state index in [9.17, 15) is 4.79 Å². The van der Waals surface area contributed by atoms with Crippen molar-refractivity contribution in [2.75, 3.05) is 11.1 Å². The molecule has 0 atom stereocenters. The van der Waals surface area contributed by atoms with Crippen molar-refractivity contribution in [3.05, 3.63) is 87.9 Å². The standard InChI is InChI=1S/C23H18BrClN4OS/c1-15-11-12-16(13-20(15)25)26-21(30)14-31-23-28-27-22(18-9-5-6-10-19(18)24)29(23)17-7-3-2-4-8-17/h2-13H,14H2,1H3,(H,26,30). The number of carbonyl (C=O) groups is 1. The van der Waals surface area contributed by atoms with Crippen LogP contribution in [-0.4, -0.2) is 26.4 Å². The Kier molecular flexibility index (Phi) is 6.75. The van der Waals surface area contributed by atoms with E-state index < -0.39 is 0 Å². The highest BCUT2D eigenvalue weighted by Gasteiger charge is 2.18. The number of anilines is 1. The maximum absolute atomic E-state index is 12.5. The highest BCUT2D eigenvalue weighted by molar-refractivity contribution is 9.10. The number of nitrogens with zero attached hydrogens (tertiary/aromatic N) is 3. The third kappa shape index (κ3) is 5.01. The number of para-hydroxylation sites is 1. The molecule has 8 heteroatoms. The predicted octanol–water partition coefficient (Wildman–Crippen LogP) is 6.39. The van der Waals surface area contributed by atoms with Crippen molar-refractivity contribution in [2.45, 2.75) is 12.1 Å². The van der Waals surface area contributed by atoms with Crippen molar-refractivity contribution in [3.63, 3.8) is 0 Å². The van der Waals surface area contributed by atoms with E-state index in [1.807, 2.05) is 78.2 Å². The van der Waals surface area contributed by atoms with Crippen LogP contribution < -0.4 is 5.32 Å². The van der Waals surface area contributed by atoms with E-state index in [4.69, 9.17) is 11.6 Å². The predicted molar refractivity (Wildman–Crippen MR) is 130 cm³/mol. The van der Waals surface area contributed by atoms with E-state index in [2.05, 4.69) is 31.4 Å². The second-order valence-corrected chi connectivity index (χ2v) is 8.96. The summed E-state index contributed by atoms with van der Waals surface area (Å²) in [6.07, 6.45) is 0. The fourth-order valence-electron chi connectivity index (χ4n) is 2.99. The molecule has 0 aliphatic rings. The lowest BCUT2D eigenvalue weighted by molar-refractivity contribution is -0.113. The fraction of sp³-hybridized carbons (Fsp3) is 0.0870. The Bertz CT molecular complexity index is 1230. The zero-order valence-electron chi connectivity index (χ0n) is 16.5. The van der Waals surface area contributed by atoms with E-state index >= 15 is 0 Å². The summed E-state index contributed by atoms with van der Waals surface area (Å²) in [5, 5.41) is 12.9. The van der Waals surface area contributed by atoms with Gasteiger partial charge in [-0.05, 0) is 42.8 Å². The van der Waals surface area contributed by atoms with Crippen LogP contribution in [0.15, 0.2) is 82.4 Å². The van der Waals surface area contributed by atoms with E-state index in [1.54, 1.807) is 6.07 Å². The molecule has 0 aliphatic carbocycles. The SMILES string of the molecule is Cc1ccc(NC(=O)CSc2nnc(-c3ccccc3Br)n2-c2ccccc2)cc1Cl. The van der Waals surface area contributed by atoms with Crippen LogP contribution in [0, 0.1) is 6.92 Å². The Morgan fingerprint density at radius 3 is 2.55 bits per heavy atom. The second kappa shape index (κ2) is 9.68. The average Bonchev–Trinajstić information content (AvgIpc) is 3.19. The molecule has 4 aromatic rings. The van der Waals surface area contributed by atoms with Crippen molar-refractivity contribution < 1.29 is 4.79 Å². The lowest BCUT2D eigenvalue weighted by atomic mass is 10.2. The first-order chi connectivity index (χ1) is 15.0. The molecule has 1 N–H and O–H groups in total. The zero-order chi connectivity index (χ0) is 21.8. The molecule has 0 spiro atoms. The third-order valence-electron chi connectivity index (χ3n) is 4.55. The van der Waals surface area contributed by atoms with Crippen molar-refractivity contribution in [3.8, 4) is 17.1 Å². The molecular weight excluding hydrogens is 496 g/mol. The van der Waals surface area contributed by atoms with Gasteiger partial charge in [0.05, 0.1) is 5.75 Å². The Morgan fingerprint density at radius 1 is 1.06 bits per heavy atom. The van der Waals surface area contributed by atoms with Crippen molar-refractivity contribution in [2.24, 2.45) is 0 Å². The summed E-state index contributed by atoms with van der Waals surface area (Å²) in [6, 6.07) is 23.2. The molecule has 0 radical (unpaired) electrons. The Hall–Kier alpha value is -2.61. The maximum Gasteiger partial charge on any atom is 0.234 e. The summed E-state index contributed by atoms with van der Waals surface area (Å²) < 4.78 is 2.88. The molecule has 1 aromatic heterocycles. The minimum absolute atomic E-state index is 0.144. The minimum Gasteiger partial charge on any atom is -0.325 e. The topological polar surface area (TPSA) is 59.8 Å². The molecule has 5 nitrogen and oxygen atoms in total. The lowest BCUT2D eigenvalue weighted by Crippen LogP contribution is -2.14. The molecule has 3 aromatic carbocycles. The lowest BCUT2D eigenvalue weighted by Gasteiger charge is -2.11. The number of thioether (sulfide) groups is 1. The van der Waals surface area contributed by atoms with Gasteiger partial charge in [0, 0.05) is 26.4 Å². The van der Waals surface area contributed by atoms with E-state index in [1.165, 1.54) is 11.8 Å². The van der Waals surface area contributed by atoms with E-state index in [0.717, 1.165) is 21.3 Å². The number of hydrogen-bond acceptors (Lipinski definition) is 4. The minimum atomic E-state index is -0.144. The largest absolute Gasteiger partial charge is 0.325 e. The van der Waals surface area contributed by atoms with Crippen LogP contribution in [0.4, 0.5) is 5.69 Å². The van der Waals surface area contributed by atoms with Crippen LogP contribution in [-0.2, 0) is 4.79 Å². The van der Waals surface area contributed by atoms with Gasteiger partial charge in [-0.1, -0.05) is 81.8 Å². The molecular formula is C23H18BrClN4OS. The molecule has 0 saturated carbocycles. The average molecular weight is 514 g/mol. The first-order valence-corrected chi connectivity index (χ1v) is 11.6. The highest BCUT2D eigenvalue weighted by atomic mass is 79.9. The number of aryl methyl sites for hydroxylation is 1. The van der Waals surface area contributed by atoms with Gasteiger partial charge in [-0.3, -0.25) is 9.36 Å². The van der Waals surface area contributed by atoms with E-state index in [-0.39, 0.29) is 11.7 Å². The molecule has 1 amide bonds. The van der Waals surface area contributed by atoms with Crippen LogP contribution >= 0.6 is 39.3 Å². The summed E-state index contributed by atoms with van der Waals surface area (Å²) in [6.45, 7) is 1.92. The van der Waals surface area contributed by atoms with Gasteiger partial charge in [0.25, 0.3) is 0 Å². The third-order valence-corrected chi connectivity index (χ3v) is 6.58. The number of benzene rings is 3. The zero-order valence-corrected chi connectivity index (χ0v) is 19.7. The first-order valence-electron chi connectivity index (χ1n) is 9.47. The molecule has 0 saturated heterocycles. The number of nitrogens with one attached hydrogen (secondary N) is 1. The smallest absolute Gasteiger partial charge is 0.234 e. The quantitative estimate of drug-likeness (QED) is 0.304. The molecule has 31 heavy (non-hydrogen) atoms. The Morgan fingerprint density at radius 2 is 1.81 bits per heavy atom. The monoisotopic (exact) mass is 512 g/mol. The molecule has 0 fully saturated rings. The number of hydrogen-bond donors (Lipinski definition) is 1. The van der Waals surface area contributed by atoms with Gasteiger partial charge < -0.3 is 5.32 Å². The van der Waals surface area contributed by atoms with Crippen LogP contribution in [0.1, 0.15) is 5.56 Å². The van der Waals surface area contributed by atoms with Gasteiger partial charge in [0.1, 0.15) is 0 Å². The molecule has 156 valence electrons. The number of aromatic nitrogens is 3. The van der Waals surface area contributed by atoms with Gasteiger partial charge in [-0.15, -0.1) is 10.2 Å². The van der Waals surface area contributed by atoms with Crippen LogP contribution in [0.3, 0.4) is 0 Å². The highest BCUT2D eigenvalue weighted by Crippen LogP contribution is 2.32. The number of carbonyl (C=O) groups excluding carboxylic acids is 1. The van der Waals surface area contributed by atoms with Crippen molar-refractivity contribution in [1.29, 1.82) is 0 Å². The Balaban J connectivity index is 1.59. The first kappa shape index (κ1) is 21.6. The van der Waals surface area contributed by atoms with Gasteiger partial charge in [0.15, 0.2) is 11.0 Å². The molecule has 1 heterocycles. The van der Waals surface area contributed by atoms with Crippen molar-refractivity contribution in [1.82, 2.24) is 14.8 Å². The molecule has 0 aliphatic heterocycles. The normalized spacial score (nSPS) is 10.8. The van der Waals surface area contributed by atoms with Gasteiger partial charge in [-0.2, -0.15) is 0 Å². The summed E-state index contributed by atoms with van der Waals surface area (Å²) in [5.41, 5.74) is 3.47. The van der Waals surface area contributed by atoms with Gasteiger partial charge in [-0.25, -0.2) is 0 Å². The number of halogens is 2. The van der Waals surface area contributed by atoms with Crippen LogP contribution in [0.2, 0.25) is 5.02 Å². The summed E-state index contributed by atoms with van der Waals surface area (Å²) in [5.74, 6) is 0.744. The maximum atomic E-state index is 12.5. The Labute approximate surface area is 198 Å². The van der Waals surface area contributed by atoms with Crippen molar-refractivity contribution >= 4 is 50.9 Å². The summed E-state index contributed by atoms with van der Waals surface area (Å²) in [7, 11) is 0. The van der Waals surface area contributed by atoms with Gasteiger partial charge >= 0.3 is 0 Å². The number of rotatable bonds is 6. The molecule has 0 unspecified atom stereocenters. The van der Waals surface area contributed by atoms with E-state index in [0.29, 0.717) is 21.7 Å².